The standard InChI is InChI=1S/C17H18N2O/c20-17(12-15-7-3-4-10-18-15)19-16-9-8-13-5-1-2-6-14(13)11-16/h1-7,10,16H,8-9,11-12H2,(H,19,20). The number of rotatable bonds is 3. The van der Waals surface area contributed by atoms with Crippen molar-refractivity contribution in [1.82, 2.24) is 10.3 Å². The van der Waals surface area contributed by atoms with Crippen LogP contribution in [0.2, 0.25) is 0 Å². The third-order valence-electron chi connectivity index (χ3n) is 3.78. The second kappa shape index (κ2) is 5.87. The minimum atomic E-state index is 0.0630. The van der Waals surface area contributed by atoms with Crippen molar-refractivity contribution in [3.05, 3.63) is 65.5 Å². The number of fused-ring (bicyclic) bond motifs is 1. The maximum absolute atomic E-state index is 12.0. The van der Waals surface area contributed by atoms with Crippen molar-refractivity contribution < 1.29 is 4.79 Å². The number of pyridine rings is 1. The summed E-state index contributed by atoms with van der Waals surface area (Å²) >= 11 is 0. The van der Waals surface area contributed by atoms with Gasteiger partial charge in [0.05, 0.1) is 6.42 Å². The second-order valence-electron chi connectivity index (χ2n) is 5.27. The van der Waals surface area contributed by atoms with Gasteiger partial charge in [-0.2, -0.15) is 0 Å². The van der Waals surface area contributed by atoms with E-state index in [-0.39, 0.29) is 11.9 Å². The molecular formula is C17H18N2O. The van der Waals surface area contributed by atoms with E-state index in [9.17, 15) is 4.79 Å². The summed E-state index contributed by atoms with van der Waals surface area (Å²) < 4.78 is 0. The number of nitrogens with one attached hydrogen (secondary N) is 1. The minimum Gasteiger partial charge on any atom is -0.353 e. The lowest BCUT2D eigenvalue weighted by Crippen LogP contribution is -2.39. The molecule has 0 saturated carbocycles. The number of aromatic nitrogens is 1. The molecule has 0 spiro atoms. The molecule has 0 fully saturated rings. The molecule has 1 heterocycles. The molecule has 3 nitrogen and oxygen atoms in total. The normalized spacial score (nSPS) is 17.3. The van der Waals surface area contributed by atoms with E-state index in [1.807, 2.05) is 18.2 Å². The zero-order valence-electron chi connectivity index (χ0n) is 11.4. The van der Waals surface area contributed by atoms with E-state index in [1.165, 1.54) is 11.1 Å². The topological polar surface area (TPSA) is 42.0 Å². The quantitative estimate of drug-likeness (QED) is 0.926. The molecule has 3 heteroatoms. The van der Waals surface area contributed by atoms with Crippen molar-refractivity contribution in [2.24, 2.45) is 0 Å². The summed E-state index contributed by atoms with van der Waals surface area (Å²) in [5, 5.41) is 3.13. The molecule has 1 aliphatic carbocycles. The first kappa shape index (κ1) is 12.9. The molecule has 1 aliphatic rings. The van der Waals surface area contributed by atoms with E-state index < -0.39 is 0 Å². The Hall–Kier alpha value is -2.16. The Morgan fingerprint density at radius 3 is 2.75 bits per heavy atom. The Kier molecular flexibility index (Phi) is 3.77. The first-order valence-electron chi connectivity index (χ1n) is 7.07. The average Bonchev–Trinajstić information content (AvgIpc) is 2.48. The number of hydrogen-bond donors (Lipinski definition) is 1. The maximum Gasteiger partial charge on any atom is 0.226 e. The lowest BCUT2D eigenvalue weighted by atomic mass is 9.88. The van der Waals surface area contributed by atoms with Gasteiger partial charge in [0, 0.05) is 17.9 Å². The molecule has 2 aromatic rings. The van der Waals surface area contributed by atoms with Crippen molar-refractivity contribution in [2.75, 3.05) is 0 Å². The zero-order chi connectivity index (χ0) is 13.8. The molecule has 3 rings (SSSR count). The lowest BCUT2D eigenvalue weighted by Gasteiger charge is -2.25. The van der Waals surface area contributed by atoms with Crippen molar-refractivity contribution in [3.63, 3.8) is 0 Å². The largest absolute Gasteiger partial charge is 0.353 e. The van der Waals surface area contributed by atoms with Crippen LogP contribution in [0.4, 0.5) is 0 Å². The molecule has 0 saturated heterocycles. The summed E-state index contributed by atoms with van der Waals surface area (Å²) in [7, 11) is 0. The second-order valence-corrected chi connectivity index (χ2v) is 5.27. The molecule has 0 aliphatic heterocycles. The Morgan fingerprint density at radius 2 is 1.95 bits per heavy atom. The van der Waals surface area contributed by atoms with Crippen LogP contribution >= 0.6 is 0 Å². The van der Waals surface area contributed by atoms with Crippen LogP contribution in [-0.4, -0.2) is 16.9 Å². The number of benzene rings is 1. The first-order valence-corrected chi connectivity index (χ1v) is 7.07. The van der Waals surface area contributed by atoms with Crippen LogP contribution in [0.1, 0.15) is 23.2 Å². The number of hydrogen-bond acceptors (Lipinski definition) is 2. The molecule has 0 bridgehead atoms. The molecular weight excluding hydrogens is 248 g/mol. The van der Waals surface area contributed by atoms with Crippen LogP contribution in [0.25, 0.3) is 0 Å². The smallest absolute Gasteiger partial charge is 0.226 e. The van der Waals surface area contributed by atoms with Crippen LogP contribution in [0.3, 0.4) is 0 Å². The van der Waals surface area contributed by atoms with Gasteiger partial charge in [-0.1, -0.05) is 30.3 Å². The van der Waals surface area contributed by atoms with Gasteiger partial charge in [-0.3, -0.25) is 9.78 Å². The number of nitrogens with zero attached hydrogens (tertiary/aromatic N) is 1. The Morgan fingerprint density at radius 1 is 1.15 bits per heavy atom. The van der Waals surface area contributed by atoms with Crippen molar-refractivity contribution in [2.45, 2.75) is 31.7 Å². The summed E-state index contributed by atoms with van der Waals surface area (Å²) in [5.74, 6) is 0.0630. The zero-order valence-corrected chi connectivity index (χ0v) is 11.4. The van der Waals surface area contributed by atoms with Gasteiger partial charge in [-0.25, -0.2) is 0 Å². The van der Waals surface area contributed by atoms with E-state index in [0.29, 0.717) is 6.42 Å². The average molecular weight is 266 g/mol. The van der Waals surface area contributed by atoms with Gasteiger partial charge in [-0.05, 0) is 42.5 Å². The number of carbonyl (C=O) groups excluding carboxylic acids is 1. The van der Waals surface area contributed by atoms with Gasteiger partial charge in [0.25, 0.3) is 0 Å². The molecule has 1 aromatic carbocycles. The van der Waals surface area contributed by atoms with Crippen LogP contribution in [0.5, 0.6) is 0 Å². The lowest BCUT2D eigenvalue weighted by molar-refractivity contribution is -0.121. The third kappa shape index (κ3) is 3.05. The monoisotopic (exact) mass is 266 g/mol. The Labute approximate surface area is 119 Å². The van der Waals surface area contributed by atoms with E-state index in [0.717, 1.165) is 25.0 Å². The van der Waals surface area contributed by atoms with Gasteiger partial charge in [0.2, 0.25) is 5.91 Å². The molecule has 1 unspecified atom stereocenters. The summed E-state index contributed by atoms with van der Waals surface area (Å²) in [5.41, 5.74) is 3.60. The van der Waals surface area contributed by atoms with E-state index in [1.54, 1.807) is 6.20 Å². The Bertz CT molecular complexity index is 595. The molecule has 0 radical (unpaired) electrons. The summed E-state index contributed by atoms with van der Waals surface area (Å²) in [6, 6.07) is 14.4. The highest BCUT2D eigenvalue weighted by molar-refractivity contribution is 5.78. The number of amides is 1. The fourth-order valence-corrected chi connectivity index (χ4v) is 2.77. The fourth-order valence-electron chi connectivity index (χ4n) is 2.77. The molecule has 20 heavy (non-hydrogen) atoms. The highest BCUT2D eigenvalue weighted by Gasteiger charge is 2.19. The van der Waals surface area contributed by atoms with E-state index >= 15 is 0 Å². The molecule has 1 amide bonds. The van der Waals surface area contributed by atoms with Gasteiger partial charge in [0.15, 0.2) is 0 Å². The number of aryl methyl sites for hydroxylation is 1. The summed E-state index contributed by atoms with van der Waals surface area (Å²) in [4.78, 5) is 16.2. The summed E-state index contributed by atoms with van der Waals surface area (Å²) in [6.45, 7) is 0. The SMILES string of the molecule is O=C(Cc1ccccn1)NC1CCc2ccccc2C1. The predicted octanol–water partition coefficient (Wildman–Crippen LogP) is 2.30. The van der Waals surface area contributed by atoms with Crippen molar-refractivity contribution in [3.8, 4) is 0 Å². The van der Waals surface area contributed by atoms with Crippen molar-refractivity contribution >= 4 is 5.91 Å². The maximum atomic E-state index is 12.0. The highest BCUT2D eigenvalue weighted by Crippen LogP contribution is 2.21. The molecule has 1 N–H and O–H groups in total. The van der Waals surface area contributed by atoms with E-state index in [4.69, 9.17) is 0 Å². The predicted molar refractivity (Wildman–Crippen MR) is 78.3 cm³/mol. The minimum absolute atomic E-state index is 0.0630. The number of carbonyl (C=O) groups is 1. The van der Waals surface area contributed by atoms with Crippen LogP contribution < -0.4 is 5.32 Å². The molecule has 1 aromatic heterocycles. The van der Waals surface area contributed by atoms with Crippen LogP contribution in [0.15, 0.2) is 48.7 Å². The van der Waals surface area contributed by atoms with Gasteiger partial charge in [0.1, 0.15) is 0 Å². The molecule has 1 atom stereocenters. The third-order valence-corrected chi connectivity index (χ3v) is 3.78. The summed E-state index contributed by atoms with van der Waals surface area (Å²) in [6.07, 6.45) is 5.08. The highest BCUT2D eigenvalue weighted by atomic mass is 16.1. The van der Waals surface area contributed by atoms with Gasteiger partial charge >= 0.3 is 0 Å². The van der Waals surface area contributed by atoms with Gasteiger partial charge in [-0.15, -0.1) is 0 Å². The fraction of sp³-hybridized carbons (Fsp3) is 0.294. The van der Waals surface area contributed by atoms with Crippen LogP contribution in [-0.2, 0) is 24.1 Å². The van der Waals surface area contributed by atoms with Crippen molar-refractivity contribution in [1.29, 1.82) is 0 Å². The van der Waals surface area contributed by atoms with E-state index in [2.05, 4.69) is 34.6 Å². The van der Waals surface area contributed by atoms with Gasteiger partial charge < -0.3 is 5.32 Å². The van der Waals surface area contributed by atoms with Crippen LogP contribution in [0, 0.1) is 0 Å². The Balaban J connectivity index is 1.58. The first-order chi connectivity index (χ1) is 9.81. The molecule has 102 valence electrons.